The van der Waals surface area contributed by atoms with Crippen LogP contribution in [0.4, 0.5) is 0 Å². The zero-order chi connectivity index (χ0) is 17.4. The van der Waals surface area contributed by atoms with Crippen LogP contribution < -0.4 is 16.0 Å². The van der Waals surface area contributed by atoms with Crippen molar-refractivity contribution in [2.24, 2.45) is 0 Å². The van der Waals surface area contributed by atoms with Gasteiger partial charge in [-0.2, -0.15) is 0 Å². The summed E-state index contributed by atoms with van der Waals surface area (Å²) >= 11 is 0. The summed E-state index contributed by atoms with van der Waals surface area (Å²) in [6, 6.07) is 18.9. The molecule has 5 heteroatoms. The Morgan fingerprint density at radius 1 is 0.917 bits per heavy atom. The molecule has 0 aliphatic carbocycles. The Balaban J connectivity index is 2.11. The van der Waals surface area contributed by atoms with Gasteiger partial charge >= 0.3 is 0 Å². The maximum atomic E-state index is 12.5. The lowest BCUT2D eigenvalue weighted by Crippen LogP contribution is -2.46. The quantitative estimate of drug-likeness (QED) is 0.724. The van der Waals surface area contributed by atoms with Crippen molar-refractivity contribution >= 4 is 11.8 Å². The van der Waals surface area contributed by atoms with Gasteiger partial charge in [-0.1, -0.05) is 60.7 Å². The first-order chi connectivity index (χ1) is 11.6. The Bertz CT molecular complexity index is 619. The largest absolute Gasteiger partial charge is 0.358 e. The maximum absolute atomic E-state index is 12.5. The van der Waals surface area contributed by atoms with E-state index in [9.17, 15) is 9.59 Å². The maximum Gasteiger partial charge on any atom is 0.237 e. The van der Waals surface area contributed by atoms with Crippen LogP contribution in [0.5, 0.6) is 0 Å². The van der Waals surface area contributed by atoms with Crippen molar-refractivity contribution < 1.29 is 9.59 Å². The van der Waals surface area contributed by atoms with Gasteiger partial charge in [-0.15, -0.1) is 0 Å². The summed E-state index contributed by atoms with van der Waals surface area (Å²) in [7, 11) is 1.57. The fraction of sp³-hybridized carbons (Fsp3) is 0.263. The molecule has 24 heavy (non-hydrogen) atoms. The van der Waals surface area contributed by atoms with Crippen LogP contribution in [0.25, 0.3) is 0 Å². The molecular formula is C19H23N3O2. The Kier molecular flexibility index (Phi) is 6.51. The molecule has 2 amide bonds. The lowest BCUT2D eigenvalue weighted by molar-refractivity contribution is -0.123. The lowest BCUT2D eigenvalue weighted by Gasteiger charge is -2.22. The predicted molar refractivity (Wildman–Crippen MR) is 94.4 cm³/mol. The summed E-state index contributed by atoms with van der Waals surface area (Å²) in [5.41, 5.74) is 2.02. The monoisotopic (exact) mass is 325 g/mol. The fourth-order valence-corrected chi connectivity index (χ4v) is 2.34. The highest BCUT2D eigenvalue weighted by Gasteiger charge is 2.20. The van der Waals surface area contributed by atoms with Crippen LogP contribution in [-0.2, 0) is 9.59 Å². The van der Waals surface area contributed by atoms with Crippen LogP contribution >= 0.6 is 0 Å². The molecular weight excluding hydrogens is 302 g/mol. The molecule has 0 spiro atoms. The molecule has 0 saturated carbocycles. The number of carbonyl (C=O) groups is 2. The van der Waals surface area contributed by atoms with E-state index in [1.54, 1.807) is 14.0 Å². The van der Waals surface area contributed by atoms with E-state index in [1.807, 2.05) is 60.7 Å². The van der Waals surface area contributed by atoms with E-state index in [-0.39, 0.29) is 24.4 Å². The number of hydrogen-bond donors (Lipinski definition) is 3. The normalized spacial score (nSPS) is 11.8. The first-order valence-corrected chi connectivity index (χ1v) is 7.96. The topological polar surface area (TPSA) is 70.2 Å². The van der Waals surface area contributed by atoms with Crippen molar-refractivity contribution in [3.05, 3.63) is 71.8 Å². The minimum atomic E-state index is -0.475. The van der Waals surface area contributed by atoms with Gasteiger partial charge < -0.3 is 10.6 Å². The molecule has 126 valence electrons. The first kappa shape index (κ1) is 17.7. The van der Waals surface area contributed by atoms with Crippen LogP contribution in [0, 0.1) is 0 Å². The number of carbonyl (C=O) groups excluding carboxylic acids is 2. The van der Waals surface area contributed by atoms with E-state index in [0.29, 0.717) is 0 Å². The summed E-state index contributed by atoms with van der Waals surface area (Å²) < 4.78 is 0. The van der Waals surface area contributed by atoms with Crippen molar-refractivity contribution in [1.82, 2.24) is 16.0 Å². The van der Waals surface area contributed by atoms with Crippen LogP contribution in [0.15, 0.2) is 60.7 Å². The van der Waals surface area contributed by atoms with Gasteiger partial charge in [0.2, 0.25) is 11.8 Å². The van der Waals surface area contributed by atoms with Crippen molar-refractivity contribution in [2.45, 2.75) is 19.0 Å². The third-order valence-corrected chi connectivity index (χ3v) is 3.79. The van der Waals surface area contributed by atoms with Crippen LogP contribution in [0.1, 0.15) is 24.1 Å². The number of benzene rings is 2. The second-order valence-electron chi connectivity index (χ2n) is 5.54. The summed E-state index contributed by atoms with van der Waals surface area (Å²) in [6.45, 7) is 1.84. The summed E-state index contributed by atoms with van der Waals surface area (Å²) in [5.74, 6) is -0.311. The molecule has 0 bridgehead atoms. The van der Waals surface area contributed by atoms with Gasteiger partial charge in [0.15, 0.2) is 0 Å². The van der Waals surface area contributed by atoms with Crippen LogP contribution in [0.2, 0.25) is 0 Å². The molecule has 0 unspecified atom stereocenters. The molecule has 0 aliphatic rings. The number of amides is 2. The Hall–Kier alpha value is -2.66. The Morgan fingerprint density at radius 3 is 1.88 bits per heavy atom. The van der Waals surface area contributed by atoms with E-state index < -0.39 is 6.04 Å². The predicted octanol–water partition coefficient (Wildman–Crippen LogP) is 1.62. The third kappa shape index (κ3) is 4.93. The zero-order valence-electron chi connectivity index (χ0n) is 14.0. The SMILES string of the molecule is CNC(=O)CN[C@@H](C)C(=O)NC(c1ccccc1)c1ccccc1. The molecule has 0 aliphatic heterocycles. The van der Waals surface area contributed by atoms with Crippen molar-refractivity contribution in [3.63, 3.8) is 0 Å². The van der Waals surface area contributed by atoms with Crippen LogP contribution in [0.3, 0.4) is 0 Å². The first-order valence-electron chi connectivity index (χ1n) is 7.96. The summed E-state index contributed by atoms with van der Waals surface area (Å²) in [5, 5.41) is 8.49. The van der Waals surface area contributed by atoms with Gasteiger partial charge in [-0.3, -0.25) is 14.9 Å². The van der Waals surface area contributed by atoms with E-state index in [4.69, 9.17) is 0 Å². The van der Waals surface area contributed by atoms with Gasteiger partial charge in [0.1, 0.15) is 0 Å². The smallest absolute Gasteiger partial charge is 0.237 e. The molecule has 2 aromatic carbocycles. The lowest BCUT2D eigenvalue weighted by atomic mass is 9.98. The molecule has 1 atom stereocenters. The van der Waals surface area contributed by atoms with E-state index in [2.05, 4.69) is 16.0 Å². The molecule has 0 heterocycles. The minimum absolute atomic E-state index is 0.104. The molecule has 2 rings (SSSR count). The Labute approximate surface area is 142 Å². The average Bonchev–Trinajstić information content (AvgIpc) is 2.65. The number of nitrogens with one attached hydrogen (secondary N) is 3. The van der Waals surface area contributed by atoms with Crippen molar-refractivity contribution in [3.8, 4) is 0 Å². The summed E-state index contributed by atoms with van der Waals surface area (Å²) in [6.07, 6.45) is 0. The molecule has 3 N–H and O–H groups in total. The fourth-order valence-electron chi connectivity index (χ4n) is 2.34. The highest BCUT2D eigenvalue weighted by atomic mass is 16.2. The highest BCUT2D eigenvalue weighted by molar-refractivity contribution is 5.83. The third-order valence-electron chi connectivity index (χ3n) is 3.79. The van der Waals surface area contributed by atoms with E-state index >= 15 is 0 Å². The standard InChI is InChI=1S/C19H23N3O2/c1-14(21-13-17(23)20-2)19(24)22-18(15-9-5-3-6-10-15)16-11-7-4-8-12-16/h3-12,14,18,21H,13H2,1-2H3,(H,20,23)(H,22,24)/t14-/m0/s1. The Morgan fingerprint density at radius 2 is 1.42 bits per heavy atom. The van der Waals surface area contributed by atoms with Gasteiger partial charge in [0, 0.05) is 7.05 Å². The number of rotatable bonds is 7. The van der Waals surface area contributed by atoms with Gasteiger partial charge in [-0.05, 0) is 18.1 Å². The molecule has 2 aromatic rings. The summed E-state index contributed by atoms with van der Waals surface area (Å²) in [4.78, 5) is 23.8. The number of likely N-dealkylation sites (N-methyl/N-ethyl adjacent to an activating group) is 1. The average molecular weight is 325 g/mol. The molecule has 0 radical (unpaired) electrons. The molecule has 5 nitrogen and oxygen atoms in total. The molecule has 0 fully saturated rings. The van der Waals surface area contributed by atoms with Gasteiger partial charge in [0.05, 0.1) is 18.6 Å². The van der Waals surface area contributed by atoms with Crippen LogP contribution in [-0.4, -0.2) is 31.4 Å². The van der Waals surface area contributed by atoms with Crippen molar-refractivity contribution in [2.75, 3.05) is 13.6 Å². The van der Waals surface area contributed by atoms with Crippen molar-refractivity contribution in [1.29, 1.82) is 0 Å². The molecule has 0 saturated heterocycles. The molecule has 0 aromatic heterocycles. The van der Waals surface area contributed by atoms with E-state index in [0.717, 1.165) is 11.1 Å². The van der Waals surface area contributed by atoms with Gasteiger partial charge in [-0.25, -0.2) is 0 Å². The second kappa shape index (κ2) is 8.84. The highest BCUT2D eigenvalue weighted by Crippen LogP contribution is 2.21. The van der Waals surface area contributed by atoms with E-state index in [1.165, 1.54) is 0 Å². The van der Waals surface area contributed by atoms with Gasteiger partial charge in [0.25, 0.3) is 0 Å². The minimum Gasteiger partial charge on any atom is -0.358 e. The number of hydrogen-bond acceptors (Lipinski definition) is 3. The zero-order valence-corrected chi connectivity index (χ0v) is 14.0. The second-order valence-corrected chi connectivity index (χ2v) is 5.54.